The van der Waals surface area contributed by atoms with Crippen molar-refractivity contribution < 1.29 is 4.79 Å². The van der Waals surface area contributed by atoms with Crippen LogP contribution in [0.1, 0.15) is 44.7 Å². The van der Waals surface area contributed by atoms with Gasteiger partial charge in [-0.25, -0.2) is 4.79 Å². The third-order valence-corrected chi connectivity index (χ3v) is 3.43. The van der Waals surface area contributed by atoms with E-state index in [4.69, 9.17) is 5.73 Å². The van der Waals surface area contributed by atoms with Crippen molar-refractivity contribution in [3.63, 3.8) is 0 Å². The third kappa shape index (κ3) is 4.56. The second kappa shape index (κ2) is 6.06. The Morgan fingerprint density at radius 3 is 2.79 bits per heavy atom. The number of nitrogens with one attached hydrogen (secondary N) is 2. The van der Waals surface area contributed by atoms with E-state index < -0.39 is 0 Å². The molecule has 1 aromatic carbocycles. The molecule has 2 unspecified atom stereocenters. The highest BCUT2D eigenvalue weighted by Crippen LogP contribution is 2.33. The Bertz CT molecular complexity index is 441. The fourth-order valence-corrected chi connectivity index (χ4v) is 2.20. The summed E-state index contributed by atoms with van der Waals surface area (Å²) in [6.45, 7) is 3.98. The number of hydrogen-bond acceptors (Lipinski definition) is 2. The van der Waals surface area contributed by atoms with Gasteiger partial charge in [0.05, 0.1) is 0 Å². The number of carbonyl (C=O) groups excluding carboxylic acids is 1. The zero-order chi connectivity index (χ0) is 13.8. The van der Waals surface area contributed by atoms with Crippen LogP contribution in [0.25, 0.3) is 0 Å². The number of nitrogens with two attached hydrogens (primary N) is 1. The smallest absolute Gasteiger partial charge is 0.319 e. The fourth-order valence-electron chi connectivity index (χ4n) is 2.20. The molecule has 1 saturated carbocycles. The van der Waals surface area contributed by atoms with Crippen LogP contribution in [0.5, 0.6) is 0 Å². The molecule has 104 valence electrons. The molecule has 0 saturated heterocycles. The highest BCUT2D eigenvalue weighted by Gasteiger charge is 2.24. The van der Waals surface area contributed by atoms with Gasteiger partial charge in [0.2, 0.25) is 0 Å². The quantitative estimate of drug-likeness (QED) is 0.762. The number of carbonyl (C=O) groups is 1. The average Bonchev–Trinajstić information content (AvgIpc) is 3.12. The first-order valence-corrected chi connectivity index (χ1v) is 6.97. The molecule has 0 bridgehead atoms. The highest BCUT2D eigenvalue weighted by atomic mass is 16.2. The van der Waals surface area contributed by atoms with Gasteiger partial charge in [-0.05, 0) is 43.9 Å². The zero-order valence-electron chi connectivity index (χ0n) is 11.6. The molecule has 0 radical (unpaired) electrons. The maximum Gasteiger partial charge on any atom is 0.319 e. The minimum absolute atomic E-state index is 0.0291. The normalized spacial score (nSPS) is 17.6. The van der Waals surface area contributed by atoms with Gasteiger partial charge in [0.25, 0.3) is 0 Å². The van der Waals surface area contributed by atoms with Crippen LogP contribution < -0.4 is 16.4 Å². The molecule has 0 heterocycles. The molecule has 4 N–H and O–H groups in total. The van der Waals surface area contributed by atoms with Gasteiger partial charge >= 0.3 is 6.03 Å². The van der Waals surface area contributed by atoms with E-state index in [1.54, 1.807) is 0 Å². The molecule has 2 atom stereocenters. The lowest BCUT2D eigenvalue weighted by Gasteiger charge is -2.15. The number of amides is 2. The van der Waals surface area contributed by atoms with Gasteiger partial charge in [0, 0.05) is 17.8 Å². The van der Waals surface area contributed by atoms with E-state index in [1.807, 2.05) is 31.2 Å². The van der Waals surface area contributed by atoms with Gasteiger partial charge in [-0.1, -0.05) is 25.0 Å². The van der Waals surface area contributed by atoms with Gasteiger partial charge in [0.1, 0.15) is 0 Å². The van der Waals surface area contributed by atoms with Gasteiger partial charge in [-0.3, -0.25) is 0 Å². The van der Waals surface area contributed by atoms with Crippen LogP contribution in [0.15, 0.2) is 24.3 Å². The monoisotopic (exact) mass is 261 g/mol. The summed E-state index contributed by atoms with van der Waals surface area (Å²) in [5.41, 5.74) is 7.63. The number of urea groups is 1. The van der Waals surface area contributed by atoms with Crippen molar-refractivity contribution in [3.05, 3.63) is 29.8 Å². The summed E-state index contributed by atoms with van der Waals surface area (Å²) in [5, 5.41) is 5.82. The van der Waals surface area contributed by atoms with Crippen molar-refractivity contribution in [1.82, 2.24) is 5.32 Å². The Kier molecular flexibility index (Phi) is 4.43. The molecule has 1 fully saturated rings. The number of rotatable bonds is 5. The summed E-state index contributed by atoms with van der Waals surface area (Å²) in [4.78, 5) is 11.9. The second-order valence-corrected chi connectivity index (χ2v) is 5.59. The van der Waals surface area contributed by atoms with Crippen molar-refractivity contribution in [2.75, 3.05) is 5.32 Å². The average molecular weight is 261 g/mol. The summed E-state index contributed by atoms with van der Waals surface area (Å²) >= 11 is 0. The van der Waals surface area contributed by atoms with E-state index in [1.165, 1.54) is 12.8 Å². The molecule has 1 aromatic rings. The Morgan fingerprint density at radius 1 is 1.42 bits per heavy atom. The van der Waals surface area contributed by atoms with Crippen molar-refractivity contribution in [3.8, 4) is 0 Å². The predicted octanol–water partition coefficient (Wildman–Crippen LogP) is 3.02. The molecule has 0 aliphatic heterocycles. The van der Waals surface area contributed by atoms with Crippen molar-refractivity contribution >= 4 is 11.7 Å². The van der Waals surface area contributed by atoms with E-state index in [2.05, 4.69) is 17.6 Å². The molecule has 4 nitrogen and oxygen atoms in total. The minimum atomic E-state index is -0.144. The van der Waals surface area contributed by atoms with Crippen molar-refractivity contribution in [2.24, 2.45) is 11.7 Å². The van der Waals surface area contributed by atoms with Crippen molar-refractivity contribution in [2.45, 2.75) is 45.2 Å². The molecule has 2 rings (SSSR count). The maximum atomic E-state index is 11.9. The van der Waals surface area contributed by atoms with Crippen LogP contribution in [0.3, 0.4) is 0 Å². The Morgan fingerprint density at radius 2 is 2.16 bits per heavy atom. The molecule has 4 heteroatoms. The lowest BCUT2D eigenvalue weighted by molar-refractivity contribution is 0.248. The van der Waals surface area contributed by atoms with Crippen LogP contribution in [-0.4, -0.2) is 12.1 Å². The van der Waals surface area contributed by atoms with Crippen LogP contribution >= 0.6 is 0 Å². The number of anilines is 1. The lowest BCUT2D eigenvalue weighted by atomic mass is 10.1. The first-order chi connectivity index (χ1) is 9.04. The summed E-state index contributed by atoms with van der Waals surface area (Å²) in [7, 11) is 0. The van der Waals surface area contributed by atoms with Crippen LogP contribution in [0.2, 0.25) is 0 Å². The maximum absolute atomic E-state index is 11.9. The van der Waals surface area contributed by atoms with Gasteiger partial charge in [-0.2, -0.15) is 0 Å². The van der Waals surface area contributed by atoms with E-state index in [0.29, 0.717) is 0 Å². The molecule has 1 aliphatic carbocycles. The van der Waals surface area contributed by atoms with E-state index in [9.17, 15) is 4.79 Å². The third-order valence-electron chi connectivity index (χ3n) is 3.43. The molecule has 19 heavy (non-hydrogen) atoms. The summed E-state index contributed by atoms with van der Waals surface area (Å²) in [6, 6.07) is 7.70. The largest absolute Gasteiger partial charge is 0.335 e. The Hall–Kier alpha value is -1.55. The Labute approximate surface area is 114 Å². The zero-order valence-corrected chi connectivity index (χ0v) is 11.6. The lowest BCUT2D eigenvalue weighted by Crippen LogP contribution is -2.36. The van der Waals surface area contributed by atoms with Crippen LogP contribution in [0, 0.1) is 5.92 Å². The standard InChI is InChI=1S/C15H23N3O/c1-10(8-12-6-7-12)17-15(19)18-14-5-3-4-13(9-14)11(2)16/h3-5,9-12H,6-8,16H2,1-2H3,(H2,17,18,19). The summed E-state index contributed by atoms with van der Waals surface area (Å²) in [6.07, 6.45) is 3.70. The minimum Gasteiger partial charge on any atom is -0.335 e. The van der Waals surface area contributed by atoms with Gasteiger partial charge < -0.3 is 16.4 Å². The molecule has 2 amide bonds. The van der Waals surface area contributed by atoms with E-state index in [-0.39, 0.29) is 18.1 Å². The number of hydrogen-bond donors (Lipinski definition) is 3. The first kappa shape index (κ1) is 13.9. The number of benzene rings is 1. The summed E-state index contributed by atoms with van der Waals surface area (Å²) < 4.78 is 0. The SMILES string of the molecule is CC(CC1CC1)NC(=O)Nc1cccc(C(C)N)c1. The topological polar surface area (TPSA) is 67.2 Å². The first-order valence-electron chi connectivity index (χ1n) is 6.97. The van der Waals surface area contributed by atoms with E-state index >= 15 is 0 Å². The van der Waals surface area contributed by atoms with Crippen LogP contribution in [0.4, 0.5) is 10.5 Å². The van der Waals surface area contributed by atoms with Crippen LogP contribution in [-0.2, 0) is 0 Å². The van der Waals surface area contributed by atoms with Crippen molar-refractivity contribution in [1.29, 1.82) is 0 Å². The fraction of sp³-hybridized carbons (Fsp3) is 0.533. The molecule has 0 spiro atoms. The summed E-state index contributed by atoms with van der Waals surface area (Å²) in [5.74, 6) is 0.816. The highest BCUT2D eigenvalue weighted by molar-refractivity contribution is 5.89. The molecular weight excluding hydrogens is 238 g/mol. The molecular formula is C15H23N3O. The van der Waals surface area contributed by atoms with Gasteiger partial charge in [-0.15, -0.1) is 0 Å². The van der Waals surface area contributed by atoms with E-state index in [0.717, 1.165) is 23.6 Å². The Balaban J connectivity index is 1.85. The second-order valence-electron chi connectivity index (χ2n) is 5.59. The van der Waals surface area contributed by atoms with Gasteiger partial charge in [0.15, 0.2) is 0 Å². The molecule has 0 aromatic heterocycles. The predicted molar refractivity (Wildman–Crippen MR) is 78.0 cm³/mol. The molecule has 1 aliphatic rings.